The van der Waals surface area contributed by atoms with Gasteiger partial charge in [0.15, 0.2) is 17.3 Å². The van der Waals surface area contributed by atoms with Crippen LogP contribution in [0, 0.1) is 5.82 Å². The number of ketones is 1. The molecule has 0 bridgehead atoms. The van der Waals surface area contributed by atoms with Gasteiger partial charge in [0.2, 0.25) is 0 Å². The highest BCUT2D eigenvalue weighted by Crippen LogP contribution is 2.30. The fourth-order valence-electron chi connectivity index (χ4n) is 3.94. The van der Waals surface area contributed by atoms with Crippen LogP contribution in [0.2, 0.25) is 0 Å². The maximum Gasteiger partial charge on any atom is 0.251 e. The van der Waals surface area contributed by atoms with Crippen molar-refractivity contribution in [3.05, 3.63) is 88.7 Å². The number of halogens is 1. The second-order valence-electron chi connectivity index (χ2n) is 8.25. The SMILES string of the molecule is COc1ccc(O)c(C(=O)c2ccc(C(=O)N[C@@H]3CNCC3NC(=O)c3ccc(O)cc3)cc2)c1F. The maximum atomic E-state index is 14.5. The van der Waals surface area contributed by atoms with Gasteiger partial charge >= 0.3 is 0 Å². The van der Waals surface area contributed by atoms with Crippen molar-refractivity contribution in [3.63, 3.8) is 0 Å². The molecule has 0 aliphatic carbocycles. The fraction of sp³-hybridized carbons (Fsp3) is 0.192. The molecule has 0 spiro atoms. The van der Waals surface area contributed by atoms with Crippen molar-refractivity contribution in [2.75, 3.05) is 20.2 Å². The molecule has 1 heterocycles. The van der Waals surface area contributed by atoms with E-state index in [2.05, 4.69) is 16.0 Å². The zero-order valence-corrected chi connectivity index (χ0v) is 19.2. The molecule has 0 saturated carbocycles. The molecule has 1 saturated heterocycles. The van der Waals surface area contributed by atoms with Crippen molar-refractivity contribution in [2.45, 2.75) is 12.1 Å². The summed E-state index contributed by atoms with van der Waals surface area (Å²) in [5, 5.41) is 28.2. The number of hydrogen-bond donors (Lipinski definition) is 5. The van der Waals surface area contributed by atoms with Gasteiger partial charge in [-0.3, -0.25) is 14.4 Å². The summed E-state index contributed by atoms with van der Waals surface area (Å²) in [5.41, 5.74) is 0.201. The second-order valence-corrected chi connectivity index (χ2v) is 8.25. The summed E-state index contributed by atoms with van der Waals surface area (Å²) in [4.78, 5) is 38.1. The van der Waals surface area contributed by atoms with E-state index in [1.54, 1.807) is 0 Å². The van der Waals surface area contributed by atoms with Crippen LogP contribution in [-0.2, 0) is 0 Å². The molecule has 1 fully saturated rings. The molecule has 36 heavy (non-hydrogen) atoms. The molecule has 5 N–H and O–H groups in total. The molecule has 0 aromatic heterocycles. The molecule has 0 radical (unpaired) electrons. The molecular weight excluding hydrogens is 469 g/mol. The van der Waals surface area contributed by atoms with Crippen molar-refractivity contribution < 1.29 is 33.7 Å². The maximum absolute atomic E-state index is 14.5. The molecule has 1 aliphatic heterocycles. The van der Waals surface area contributed by atoms with Crippen molar-refractivity contribution in [1.29, 1.82) is 0 Å². The number of carbonyl (C=O) groups excluding carboxylic acids is 3. The Morgan fingerprint density at radius 1 is 0.833 bits per heavy atom. The van der Waals surface area contributed by atoms with Crippen LogP contribution in [0.25, 0.3) is 0 Å². The molecule has 3 aromatic rings. The van der Waals surface area contributed by atoms with E-state index in [1.807, 2.05) is 0 Å². The highest BCUT2D eigenvalue weighted by atomic mass is 19.1. The first-order chi connectivity index (χ1) is 17.3. The molecule has 4 rings (SSSR count). The number of phenolic OH excluding ortho intramolecular Hbond substituents is 2. The van der Waals surface area contributed by atoms with Crippen molar-refractivity contribution in [1.82, 2.24) is 16.0 Å². The minimum Gasteiger partial charge on any atom is -0.508 e. The standard InChI is InChI=1S/C26H24FN3O6/c1-36-21-11-10-20(32)22(23(21)27)24(33)14-2-4-15(5-3-14)25(34)29-18-12-28-13-19(18)30-26(35)16-6-8-17(31)9-7-16/h2-11,18-19,28,31-32H,12-13H2,1H3,(H,29,34)(H,30,35)/t18-,19?/m1/s1. The van der Waals surface area contributed by atoms with Crippen LogP contribution in [0.5, 0.6) is 17.2 Å². The average molecular weight is 493 g/mol. The van der Waals surface area contributed by atoms with Gasteiger partial charge in [-0.1, -0.05) is 12.1 Å². The van der Waals surface area contributed by atoms with Crippen LogP contribution in [0.15, 0.2) is 60.7 Å². The Kier molecular flexibility index (Phi) is 7.16. The van der Waals surface area contributed by atoms with Gasteiger partial charge in [-0.05, 0) is 48.5 Å². The summed E-state index contributed by atoms with van der Waals surface area (Å²) in [6.07, 6.45) is 0. The number of nitrogens with one attached hydrogen (secondary N) is 3. The molecule has 3 aromatic carbocycles. The molecular formula is C26H24FN3O6. The van der Waals surface area contributed by atoms with Gasteiger partial charge in [-0.2, -0.15) is 0 Å². The highest BCUT2D eigenvalue weighted by molar-refractivity contribution is 6.11. The average Bonchev–Trinajstić information content (AvgIpc) is 3.30. The number of phenols is 2. The molecule has 2 amide bonds. The first kappa shape index (κ1) is 24.7. The minimum absolute atomic E-state index is 0.0531. The van der Waals surface area contributed by atoms with Crippen LogP contribution >= 0.6 is 0 Å². The number of hydrogen-bond acceptors (Lipinski definition) is 7. The number of rotatable bonds is 7. The topological polar surface area (TPSA) is 137 Å². The normalized spacial score (nSPS) is 16.8. The Balaban J connectivity index is 1.42. The summed E-state index contributed by atoms with van der Waals surface area (Å²) < 4.78 is 19.4. The van der Waals surface area contributed by atoms with Gasteiger partial charge in [0.1, 0.15) is 17.1 Å². The van der Waals surface area contributed by atoms with E-state index < -0.39 is 28.8 Å². The number of ether oxygens (including phenoxy) is 1. The second kappa shape index (κ2) is 10.4. The van der Waals surface area contributed by atoms with Crippen LogP contribution in [0.3, 0.4) is 0 Å². The predicted molar refractivity (Wildman–Crippen MR) is 128 cm³/mol. The largest absolute Gasteiger partial charge is 0.508 e. The van der Waals surface area contributed by atoms with Crippen LogP contribution < -0.4 is 20.7 Å². The van der Waals surface area contributed by atoms with E-state index in [0.29, 0.717) is 18.7 Å². The number of aromatic hydroxyl groups is 2. The van der Waals surface area contributed by atoms with E-state index in [0.717, 1.165) is 0 Å². The summed E-state index contributed by atoms with van der Waals surface area (Å²) >= 11 is 0. The Morgan fingerprint density at radius 2 is 1.33 bits per heavy atom. The van der Waals surface area contributed by atoms with Crippen molar-refractivity contribution in [2.24, 2.45) is 0 Å². The lowest BCUT2D eigenvalue weighted by molar-refractivity contribution is 0.0896. The van der Waals surface area contributed by atoms with Gasteiger partial charge in [0.05, 0.1) is 19.2 Å². The van der Waals surface area contributed by atoms with Crippen LogP contribution in [-0.4, -0.2) is 60.1 Å². The zero-order valence-electron chi connectivity index (χ0n) is 19.2. The van der Waals surface area contributed by atoms with Crippen LogP contribution in [0.4, 0.5) is 4.39 Å². The lowest BCUT2D eigenvalue weighted by Crippen LogP contribution is -2.51. The van der Waals surface area contributed by atoms with E-state index in [-0.39, 0.29) is 40.6 Å². The van der Waals surface area contributed by atoms with Gasteiger partial charge in [0, 0.05) is 29.8 Å². The third-order valence-electron chi connectivity index (χ3n) is 5.92. The van der Waals surface area contributed by atoms with Gasteiger partial charge in [0.25, 0.3) is 11.8 Å². The van der Waals surface area contributed by atoms with Gasteiger partial charge < -0.3 is 30.9 Å². The summed E-state index contributed by atoms with van der Waals surface area (Å²) in [5.74, 6) is -3.12. The number of benzene rings is 3. The molecule has 10 heteroatoms. The molecule has 186 valence electrons. The summed E-state index contributed by atoms with van der Waals surface area (Å²) in [6, 6.07) is 13.0. The highest BCUT2D eigenvalue weighted by Gasteiger charge is 2.30. The smallest absolute Gasteiger partial charge is 0.251 e. The monoisotopic (exact) mass is 493 g/mol. The summed E-state index contributed by atoms with van der Waals surface area (Å²) in [7, 11) is 1.25. The quantitative estimate of drug-likeness (QED) is 0.318. The molecule has 2 atom stereocenters. The van der Waals surface area contributed by atoms with Crippen molar-refractivity contribution >= 4 is 17.6 Å². The minimum atomic E-state index is -0.974. The lowest BCUT2D eigenvalue weighted by atomic mass is 10.00. The van der Waals surface area contributed by atoms with Crippen molar-refractivity contribution in [3.8, 4) is 17.2 Å². The third-order valence-corrected chi connectivity index (χ3v) is 5.92. The molecule has 9 nitrogen and oxygen atoms in total. The first-order valence-corrected chi connectivity index (χ1v) is 11.1. The first-order valence-electron chi connectivity index (χ1n) is 11.1. The summed E-state index contributed by atoms with van der Waals surface area (Å²) in [6.45, 7) is 0.898. The molecule has 1 aliphatic rings. The van der Waals surface area contributed by atoms with E-state index in [4.69, 9.17) is 4.74 Å². The fourth-order valence-corrected chi connectivity index (χ4v) is 3.94. The number of carbonyl (C=O) groups is 3. The Labute approximate surface area is 205 Å². The Hall–Kier alpha value is -4.44. The number of methoxy groups -OCH3 is 1. The zero-order chi connectivity index (χ0) is 25.8. The van der Waals surface area contributed by atoms with E-state index in [9.17, 15) is 29.0 Å². The Morgan fingerprint density at radius 3 is 1.86 bits per heavy atom. The van der Waals surface area contributed by atoms with E-state index >= 15 is 0 Å². The van der Waals surface area contributed by atoms with E-state index in [1.165, 1.54) is 67.8 Å². The lowest BCUT2D eigenvalue weighted by Gasteiger charge is -2.21. The third kappa shape index (κ3) is 5.13. The predicted octanol–water partition coefficient (Wildman–Crippen LogP) is 1.98. The van der Waals surface area contributed by atoms with Gasteiger partial charge in [-0.15, -0.1) is 0 Å². The van der Waals surface area contributed by atoms with Crippen LogP contribution in [0.1, 0.15) is 36.6 Å². The molecule has 1 unspecified atom stereocenters. The van der Waals surface area contributed by atoms with Gasteiger partial charge in [-0.25, -0.2) is 4.39 Å². The Bertz CT molecular complexity index is 1290. The number of amides is 2.